The number of aromatic hydroxyl groups is 1. The predicted molar refractivity (Wildman–Crippen MR) is 137 cm³/mol. The van der Waals surface area contributed by atoms with E-state index in [-0.39, 0.29) is 42.8 Å². The largest absolute Gasteiger partial charge is 0.508 e. The number of benzene rings is 2. The molecule has 1 heterocycles. The number of rotatable bonds is 11. The number of phenolic OH excluding ortho intramolecular Hbond substituents is 1. The molecular weight excluding hydrogens is 502 g/mol. The van der Waals surface area contributed by atoms with E-state index in [1.165, 1.54) is 43.3 Å². The van der Waals surface area contributed by atoms with Crippen molar-refractivity contribution in [1.82, 2.24) is 15.1 Å². The summed E-state index contributed by atoms with van der Waals surface area (Å²) >= 11 is 0. The molecule has 0 bridgehead atoms. The second kappa shape index (κ2) is 12.3. The lowest BCUT2D eigenvalue weighted by atomic mass is 9.63. The van der Waals surface area contributed by atoms with Gasteiger partial charge in [-0.05, 0) is 76.2 Å². The molecule has 0 radical (unpaired) electrons. The van der Waals surface area contributed by atoms with Crippen LogP contribution in [0.5, 0.6) is 5.75 Å². The molecule has 1 saturated heterocycles. The predicted octanol–water partition coefficient (Wildman–Crippen LogP) is 4.52. The lowest BCUT2D eigenvalue weighted by molar-refractivity contribution is -0.170. The van der Waals surface area contributed by atoms with E-state index >= 15 is 0 Å². The third-order valence-corrected chi connectivity index (χ3v) is 7.40. The molecule has 10 heteroatoms. The van der Waals surface area contributed by atoms with Crippen molar-refractivity contribution in [1.29, 1.82) is 0 Å². The van der Waals surface area contributed by atoms with Crippen LogP contribution in [0.15, 0.2) is 42.5 Å². The molecule has 3 atom stereocenters. The van der Waals surface area contributed by atoms with Crippen molar-refractivity contribution in [2.24, 2.45) is 5.92 Å². The number of nitrogens with one attached hydrogen (secondary N) is 1. The van der Waals surface area contributed by atoms with Crippen LogP contribution in [0.4, 0.5) is 17.6 Å². The summed E-state index contributed by atoms with van der Waals surface area (Å²) in [5.74, 6) is -2.92. The Morgan fingerprint density at radius 1 is 1.18 bits per heavy atom. The monoisotopic (exact) mass is 537 g/mol. The number of alkyl halides is 3. The average Bonchev–Trinajstić information content (AvgIpc) is 2.85. The molecule has 1 amide bonds. The maximum Gasteiger partial charge on any atom is 0.406 e. The van der Waals surface area contributed by atoms with Crippen molar-refractivity contribution >= 4 is 12.2 Å². The Hall–Kier alpha value is -2.98. The van der Waals surface area contributed by atoms with Gasteiger partial charge in [-0.3, -0.25) is 9.59 Å². The first-order valence-corrected chi connectivity index (χ1v) is 12.6. The summed E-state index contributed by atoms with van der Waals surface area (Å²) in [5.41, 5.74) is -0.652. The smallest absolute Gasteiger partial charge is 0.406 e. The summed E-state index contributed by atoms with van der Waals surface area (Å²) in [6.45, 7) is 0.860. The zero-order valence-corrected chi connectivity index (χ0v) is 21.9. The number of phenols is 1. The van der Waals surface area contributed by atoms with Gasteiger partial charge in [-0.2, -0.15) is 13.2 Å². The second-order valence-electron chi connectivity index (χ2n) is 10.3. The Labute approximate surface area is 220 Å². The molecule has 0 aromatic heterocycles. The van der Waals surface area contributed by atoms with E-state index in [0.29, 0.717) is 24.9 Å². The van der Waals surface area contributed by atoms with Gasteiger partial charge < -0.3 is 20.2 Å². The van der Waals surface area contributed by atoms with E-state index in [2.05, 4.69) is 5.32 Å². The summed E-state index contributed by atoms with van der Waals surface area (Å²) in [6.07, 6.45) is -3.16. The third kappa shape index (κ3) is 6.71. The van der Waals surface area contributed by atoms with Crippen LogP contribution in [0.1, 0.15) is 46.7 Å². The molecule has 38 heavy (non-hydrogen) atoms. The Morgan fingerprint density at radius 2 is 1.89 bits per heavy atom. The number of piperidine rings is 1. The van der Waals surface area contributed by atoms with Crippen molar-refractivity contribution in [3.63, 3.8) is 0 Å². The summed E-state index contributed by atoms with van der Waals surface area (Å²) in [6, 6.07) is 10.1. The summed E-state index contributed by atoms with van der Waals surface area (Å²) < 4.78 is 56.1. The standard InChI is InChI=1S/C28H35F4N3O3/c1-19-22(10-7-11-24(19)29)25-23(26(38)20-8-6-9-21(37)14-20)15-33-16-27(25,12-4-5-13-34(2)3)35(18-36)17-28(30,31)32/h6-11,14,18,23,25,33,37H,4-5,12-13,15-17H2,1-3H3/t23-,25-,27+/m0/s1. The fourth-order valence-electron chi connectivity index (χ4n) is 5.65. The normalized spacial score (nSPS) is 21.9. The highest BCUT2D eigenvalue weighted by molar-refractivity contribution is 5.99. The minimum Gasteiger partial charge on any atom is -0.508 e. The molecule has 2 N–H and O–H groups in total. The van der Waals surface area contributed by atoms with Gasteiger partial charge in [0.1, 0.15) is 18.1 Å². The number of amides is 1. The Bertz CT molecular complexity index is 1120. The molecule has 208 valence electrons. The minimum atomic E-state index is -4.68. The molecule has 0 saturated carbocycles. The molecule has 1 aliphatic rings. The van der Waals surface area contributed by atoms with E-state index in [4.69, 9.17) is 0 Å². The molecule has 0 unspecified atom stereocenters. The Kier molecular flexibility index (Phi) is 9.54. The minimum absolute atomic E-state index is 0.00816. The molecule has 2 aromatic rings. The van der Waals surface area contributed by atoms with Gasteiger partial charge in [0, 0.05) is 30.5 Å². The van der Waals surface area contributed by atoms with Gasteiger partial charge in [0.15, 0.2) is 5.78 Å². The fourth-order valence-corrected chi connectivity index (χ4v) is 5.65. The number of hydrogen-bond acceptors (Lipinski definition) is 5. The number of carbonyl (C=O) groups excluding carboxylic acids is 2. The topological polar surface area (TPSA) is 72.9 Å². The summed E-state index contributed by atoms with van der Waals surface area (Å²) in [7, 11) is 3.78. The maximum atomic E-state index is 14.8. The Balaban J connectivity index is 2.21. The fraction of sp³-hybridized carbons (Fsp3) is 0.500. The van der Waals surface area contributed by atoms with Gasteiger partial charge in [0.2, 0.25) is 6.41 Å². The van der Waals surface area contributed by atoms with Crippen LogP contribution >= 0.6 is 0 Å². The highest BCUT2D eigenvalue weighted by Gasteiger charge is 2.54. The molecule has 6 nitrogen and oxygen atoms in total. The van der Waals surface area contributed by atoms with Crippen molar-refractivity contribution < 1.29 is 32.3 Å². The van der Waals surface area contributed by atoms with Gasteiger partial charge in [-0.15, -0.1) is 0 Å². The van der Waals surface area contributed by atoms with E-state index in [0.717, 1.165) is 4.90 Å². The SMILES string of the molecule is Cc1c(F)cccc1[C@H]1[C@@H](C(=O)c2cccc(O)c2)CNC[C@@]1(CCCCN(C)C)N(C=O)CC(F)(F)F. The van der Waals surface area contributed by atoms with Gasteiger partial charge >= 0.3 is 6.18 Å². The van der Waals surface area contributed by atoms with E-state index < -0.39 is 41.7 Å². The first-order valence-electron chi connectivity index (χ1n) is 12.6. The number of Topliss-reactive ketones (excluding diaryl/α,β-unsaturated/α-hetero) is 1. The first kappa shape index (κ1) is 29.6. The Morgan fingerprint density at radius 3 is 2.53 bits per heavy atom. The molecular formula is C28H35F4N3O3. The number of hydrogen-bond donors (Lipinski definition) is 2. The van der Waals surface area contributed by atoms with Crippen LogP contribution in [-0.2, 0) is 4.79 Å². The van der Waals surface area contributed by atoms with E-state index in [9.17, 15) is 32.3 Å². The zero-order chi connectivity index (χ0) is 28.1. The highest BCUT2D eigenvalue weighted by Crippen LogP contribution is 2.47. The van der Waals surface area contributed by atoms with Gasteiger partial charge in [0.25, 0.3) is 0 Å². The van der Waals surface area contributed by atoms with Gasteiger partial charge in [0.05, 0.1) is 5.54 Å². The van der Waals surface area contributed by atoms with Crippen LogP contribution < -0.4 is 5.32 Å². The van der Waals surface area contributed by atoms with Crippen molar-refractivity contribution in [3.05, 3.63) is 65.0 Å². The zero-order valence-electron chi connectivity index (χ0n) is 21.9. The molecule has 1 aliphatic heterocycles. The van der Waals surface area contributed by atoms with Gasteiger partial charge in [-0.1, -0.05) is 24.3 Å². The maximum absolute atomic E-state index is 14.8. The van der Waals surface area contributed by atoms with Crippen LogP contribution in [0.2, 0.25) is 0 Å². The molecule has 2 aromatic carbocycles. The molecule has 0 aliphatic carbocycles. The van der Waals surface area contributed by atoms with Crippen molar-refractivity contribution in [3.8, 4) is 5.75 Å². The third-order valence-electron chi connectivity index (χ3n) is 7.40. The van der Waals surface area contributed by atoms with E-state index in [1.807, 2.05) is 19.0 Å². The molecule has 3 rings (SSSR count). The summed E-state index contributed by atoms with van der Waals surface area (Å²) in [5, 5.41) is 13.1. The molecule has 0 spiro atoms. The number of unbranched alkanes of at least 4 members (excludes halogenated alkanes) is 1. The highest BCUT2D eigenvalue weighted by atomic mass is 19.4. The summed E-state index contributed by atoms with van der Waals surface area (Å²) in [4.78, 5) is 28.9. The van der Waals surface area contributed by atoms with E-state index in [1.54, 1.807) is 6.07 Å². The van der Waals surface area contributed by atoms with Crippen LogP contribution in [0.25, 0.3) is 0 Å². The molecule has 1 fully saturated rings. The van der Waals surface area contributed by atoms with Crippen molar-refractivity contribution in [2.45, 2.75) is 43.8 Å². The number of carbonyl (C=O) groups is 2. The van der Waals surface area contributed by atoms with Crippen LogP contribution in [-0.4, -0.2) is 79.1 Å². The quantitative estimate of drug-likeness (QED) is 0.191. The van der Waals surface area contributed by atoms with Crippen LogP contribution in [0, 0.1) is 18.7 Å². The lowest BCUT2D eigenvalue weighted by Gasteiger charge is -2.53. The second-order valence-corrected chi connectivity index (χ2v) is 10.3. The van der Waals surface area contributed by atoms with Crippen molar-refractivity contribution in [2.75, 3.05) is 40.3 Å². The number of ketones is 1. The number of halogens is 4. The van der Waals surface area contributed by atoms with Crippen LogP contribution in [0.3, 0.4) is 0 Å². The average molecular weight is 538 g/mol. The van der Waals surface area contributed by atoms with Gasteiger partial charge in [-0.25, -0.2) is 4.39 Å². The number of nitrogens with zero attached hydrogens (tertiary/aromatic N) is 2. The first-order chi connectivity index (χ1) is 17.9. The lowest BCUT2D eigenvalue weighted by Crippen LogP contribution is -2.66.